The minimum absolute atomic E-state index is 0.111. The van der Waals surface area contributed by atoms with Crippen molar-refractivity contribution in [3.8, 4) is 0 Å². The third-order valence-corrected chi connectivity index (χ3v) is 4.11. The summed E-state index contributed by atoms with van der Waals surface area (Å²) in [5, 5.41) is 6.26. The maximum absolute atomic E-state index is 11.9. The number of nitrogens with zero attached hydrogens (tertiary/aromatic N) is 1. The molecule has 0 aromatic heterocycles. The van der Waals surface area contributed by atoms with Crippen LogP contribution in [-0.2, 0) is 11.3 Å². The molecule has 4 heteroatoms. The first-order valence-corrected chi connectivity index (χ1v) is 8.01. The van der Waals surface area contributed by atoms with E-state index in [1.54, 1.807) is 7.05 Å². The summed E-state index contributed by atoms with van der Waals surface area (Å²) in [5.74, 6) is 0.279. The van der Waals surface area contributed by atoms with Gasteiger partial charge in [0.05, 0.1) is 5.92 Å². The van der Waals surface area contributed by atoms with E-state index in [9.17, 15) is 4.79 Å². The summed E-state index contributed by atoms with van der Waals surface area (Å²) in [7, 11) is 1.73. The standard InChI is InChI=1S/C17H27N3O/c1-3-10-19-12-14-7-4-5-9-16(14)20-11-6-8-15(13-20)17(21)18-2/h4-5,7,9,15,19H,3,6,8,10-13H2,1-2H3,(H,18,21). The second kappa shape index (κ2) is 8.03. The third-order valence-electron chi connectivity index (χ3n) is 4.11. The van der Waals surface area contributed by atoms with Crippen LogP contribution in [0.2, 0.25) is 0 Å². The van der Waals surface area contributed by atoms with E-state index >= 15 is 0 Å². The number of hydrogen-bond donors (Lipinski definition) is 2. The van der Waals surface area contributed by atoms with Crippen LogP contribution in [0.1, 0.15) is 31.7 Å². The van der Waals surface area contributed by atoms with Gasteiger partial charge in [-0.25, -0.2) is 0 Å². The molecular formula is C17H27N3O. The molecule has 1 aromatic rings. The molecule has 1 aliphatic heterocycles. The Balaban J connectivity index is 2.07. The van der Waals surface area contributed by atoms with Crippen molar-refractivity contribution in [1.82, 2.24) is 10.6 Å². The van der Waals surface area contributed by atoms with Crippen molar-refractivity contribution in [2.24, 2.45) is 5.92 Å². The summed E-state index contributed by atoms with van der Waals surface area (Å²) in [4.78, 5) is 14.3. The first-order valence-electron chi connectivity index (χ1n) is 8.01. The van der Waals surface area contributed by atoms with Crippen molar-refractivity contribution in [3.63, 3.8) is 0 Å². The van der Waals surface area contributed by atoms with Crippen LogP contribution in [0.3, 0.4) is 0 Å². The Morgan fingerprint density at radius 2 is 2.19 bits per heavy atom. The lowest BCUT2D eigenvalue weighted by Gasteiger charge is -2.34. The number of benzene rings is 1. The maximum Gasteiger partial charge on any atom is 0.224 e. The van der Waals surface area contributed by atoms with Crippen LogP contribution in [0.4, 0.5) is 5.69 Å². The van der Waals surface area contributed by atoms with Crippen LogP contribution < -0.4 is 15.5 Å². The van der Waals surface area contributed by atoms with E-state index in [-0.39, 0.29) is 11.8 Å². The number of carbonyl (C=O) groups is 1. The highest BCUT2D eigenvalue weighted by molar-refractivity contribution is 5.79. The topological polar surface area (TPSA) is 44.4 Å². The summed E-state index contributed by atoms with van der Waals surface area (Å²) >= 11 is 0. The average molecular weight is 289 g/mol. The molecule has 2 rings (SSSR count). The fourth-order valence-electron chi connectivity index (χ4n) is 2.98. The molecule has 0 aliphatic carbocycles. The molecule has 21 heavy (non-hydrogen) atoms. The summed E-state index contributed by atoms with van der Waals surface area (Å²) in [6, 6.07) is 8.53. The molecule has 1 aromatic carbocycles. The number of amides is 1. The lowest BCUT2D eigenvalue weighted by molar-refractivity contribution is -0.124. The van der Waals surface area contributed by atoms with E-state index in [2.05, 4.69) is 46.7 Å². The number of carbonyl (C=O) groups excluding carboxylic acids is 1. The van der Waals surface area contributed by atoms with Gasteiger partial charge in [-0.1, -0.05) is 25.1 Å². The van der Waals surface area contributed by atoms with E-state index in [0.717, 1.165) is 45.4 Å². The van der Waals surface area contributed by atoms with Crippen molar-refractivity contribution in [2.45, 2.75) is 32.7 Å². The second-order valence-corrected chi connectivity index (χ2v) is 5.70. The van der Waals surface area contributed by atoms with E-state index in [4.69, 9.17) is 0 Å². The van der Waals surface area contributed by atoms with E-state index < -0.39 is 0 Å². The molecule has 0 bridgehead atoms. The first-order chi connectivity index (χ1) is 10.3. The van der Waals surface area contributed by atoms with Crippen molar-refractivity contribution < 1.29 is 4.79 Å². The van der Waals surface area contributed by atoms with Gasteiger partial charge in [-0.2, -0.15) is 0 Å². The van der Waals surface area contributed by atoms with Gasteiger partial charge < -0.3 is 15.5 Å². The Bertz CT molecular complexity index is 461. The Labute approximate surface area is 127 Å². The molecule has 1 aliphatic rings. The second-order valence-electron chi connectivity index (χ2n) is 5.70. The summed E-state index contributed by atoms with van der Waals surface area (Å²) in [6.45, 7) is 5.97. The van der Waals surface area contributed by atoms with Gasteiger partial charge in [-0.3, -0.25) is 4.79 Å². The molecule has 1 atom stereocenters. The minimum Gasteiger partial charge on any atom is -0.370 e. The molecule has 1 heterocycles. The summed E-state index contributed by atoms with van der Waals surface area (Å²) in [6.07, 6.45) is 3.21. The Morgan fingerprint density at radius 1 is 1.38 bits per heavy atom. The number of piperidine rings is 1. The smallest absolute Gasteiger partial charge is 0.224 e. The minimum atomic E-state index is 0.111. The normalized spacial score (nSPS) is 18.6. The van der Waals surface area contributed by atoms with Crippen LogP contribution >= 0.6 is 0 Å². The van der Waals surface area contributed by atoms with Gasteiger partial charge in [0.25, 0.3) is 0 Å². The molecule has 4 nitrogen and oxygen atoms in total. The largest absolute Gasteiger partial charge is 0.370 e. The lowest BCUT2D eigenvalue weighted by Crippen LogP contribution is -2.42. The zero-order valence-corrected chi connectivity index (χ0v) is 13.2. The third kappa shape index (κ3) is 4.21. The van der Waals surface area contributed by atoms with Gasteiger partial charge in [0.1, 0.15) is 0 Å². The van der Waals surface area contributed by atoms with E-state index in [1.807, 2.05) is 0 Å². The molecule has 0 saturated carbocycles. The molecule has 0 spiro atoms. The van der Waals surface area contributed by atoms with E-state index in [0.29, 0.717) is 0 Å². The average Bonchev–Trinajstić information content (AvgIpc) is 2.55. The summed E-state index contributed by atoms with van der Waals surface area (Å²) in [5.41, 5.74) is 2.60. The van der Waals surface area contributed by atoms with Crippen molar-refractivity contribution in [2.75, 3.05) is 31.6 Å². The van der Waals surface area contributed by atoms with Crippen molar-refractivity contribution in [1.29, 1.82) is 0 Å². The Morgan fingerprint density at radius 3 is 2.95 bits per heavy atom. The number of para-hydroxylation sites is 1. The van der Waals surface area contributed by atoms with Crippen LogP contribution in [0.25, 0.3) is 0 Å². The van der Waals surface area contributed by atoms with Crippen molar-refractivity contribution >= 4 is 11.6 Å². The van der Waals surface area contributed by atoms with Gasteiger partial charge in [-0.15, -0.1) is 0 Å². The molecule has 1 unspecified atom stereocenters. The molecule has 1 amide bonds. The van der Waals surface area contributed by atoms with Gasteiger partial charge in [0.2, 0.25) is 5.91 Å². The van der Waals surface area contributed by atoms with Gasteiger partial charge in [0.15, 0.2) is 0 Å². The van der Waals surface area contributed by atoms with Crippen LogP contribution in [0.5, 0.6) is 0 Å². The molecule has 2 N–H and O–H groups in total. The first kappa shape index (κ1) is 15.8. The fraction of sp³-hybridized carbons (Fsp3) is 0.588. The van der Waals surface area contributed by atoms with Crippen LogP contribution in [-0.4, -0.2) is 32.6 Å². The summed E-state index contributed by atoms with van der Waals surface area (Å²) < 4.78 is 0. The molecule has 0 radical (unpaired) electrons. The highest BCUT2D eigenvalue weighted by Gasteiger charge is 2.25. The number of anilines is 1. The van der Waals surface area contributed by atoms with Gasteiger partial charge in [0, 0.05) is 32.4 Å². The van der Waals surface area contributed by atoms with E-state index in [1.165, 1.54) is 11.3 Å². The molecular weight excluding hydrogens is 262 g/mol. The lowest BCUT2D eigenvalue weighted by atomic mass is 9.96. The Kier molecular flexibility index (Phi) is 6.05. The number of hydrogen-bond acceptors (Lipinski definition) is 3. The zero-order chi connectivity index (χ0) is 15.1. The fourth-order valence-corrected chi connectivity index (χ4v) is 2.98. The molecule has 1 fully saturated rings. The maximum atomic E-state index is 11.9. The quantitative estimate of drug-likeness (QED) is 0.789. The Hall–Kier alpha value is -1.55. The predicted octanol–water partition coefficient (Wildman–Crippen LogP) is 2.15. The monoisotopic (exact) mass is 289 g/mol. The number of nitrogens with one attached hydrogen (secondary N) is 2. The van der Waals surface area contributed by atoms with Crippen LogP contribution in [0.15, 0.2) is 24.3 Å². The highest BCUT2D eigenvalue weighted by atomic mass is 16.1. The molecule has 1 saturated heterocycles. The van der Waals surface area contributed by atoms with Crippen LogP contribution in [0, 0.1) is 5.92 Å². The van der Waals surface area contributed by atoms with Gasteiger partial charge in [-0.05, 0) is 37.4 Å². The zero-order valence-electron chi connectivity index (χ0n) is 13.2. The molecule has 116 valence electrons. The van der Waals surface area contributed by atoms with Gasteiger partial charge >= 0.3 is 0 Å². The number of rotatable bonds is 6. The SMILES string of the molecule is CCCNCc1ccccc1N1CCCC(C(=O)NC)C1. The predicted molar refractivity (Wildman–Crippen MR) is 87.4 cm³/mol. The van der Waals surface area contributed by atoms with Crippen molar-refractivity contribution in [3.05, 3.63) is 29.8 Å². The highest BCUT2D eigenvalue weighted by Crippen LogP contribution is 2.26.